The van der Waals surface area contributed by atoms with E-state index in [0.29, 0.717) is 29.1 Å². The molecule has 2 aliphatic rings. The van der Waals surface area contributed by atoms with Crippen molar-refractivity contribution in [3.05, 3.63) is 70.7 Å². The number of hydrogen-bond acceptors (Lipinski definition) is 4. The molecule has 2 fully saturated rings. The third-order valence-electron chi connectivity index (χ3n) is 7.57. The number of benzene rings is 2. The van der Waals surface area contributed by atoms with Gasteiger partial charge in [0.2, 0.25) is 5.91 Å². The fourth-order valence-corrected chi connectivity index (χ4v) is 5.99. The number of nitrogens with zero attached hydrogens (tertiary/aromatic N) is 3. The van der Waals surface area contributed by atoms with Gasteiger partial charge in [-0.3, -0.25) is 4.79 Å². The summed E-state index contributed by atoms with van der Waals surface area (Å²) in [6.45, 7) is 2.18. The number of amides is 1. The summed E-state index contributed by atoms with van der Waals surface area (Å²) < 4.78 is 39.6. The Balaban J connectivity index is 0.000000517. The van der Waals surface area contributed by atoms with Gasteiger partial charge in [0, 0.05) is 40.9 Å². The minimum atomic E-state index is -5.08. The first-order chi connectivity index (χ1) is 20.0. The molecule has 1 saturated heterocycles. The number of aliphatic carboxylic acids is 1. The molecule has 1 amide bonds. The van der Waals surface area contributed by atoms with Crippen LogP contribution in [0.3, 0.4) is 0 Å². The van der Waals surface area contributed by atoms with Crippen LogP contribution in [0.15, 0.2) is 55.1 Å². The maximum Gasteiger partial charge on any atom is 0.490 e. The number of aromatic nitrogens is 2. The van der Waals surface area contributed by atoms with Gasteiger partial charge in [-0.25, -0.2) is 9.78 Å². The lowest BCUT2D eigenvalue weighted by Crippen LogP contribution is -2.39. The highest BCUT2D eigenvalue weighted by molar-refractivity contribution is 6.36. The molecule has 7 nitrogen and oxygen atoms in total. The molecule has 3 aromatic rings. The standard InChI is InChI=1S/C28H31Cl2N3O2.C2HF3O2/c29-26-17-22(20-6-8-24(9-7-20)35-15-14-32-13-11-31-19-32)18-27(30)25(26)16-21-10-12-33(28(21)34)23-4-2-1-3-5-23;3-2(4,5)1(6)7/h6-9,11,13,17-19,21,23H,1-5,10,12,14-16H2;(H,6,7). The predicted octanol–water partition coefficient (Wildman–Crippen LogP) is 7.29. The molecule has 42 heavy (non-hydrogen) atoms. The first-order valence-corrected chi connectivity index (χ1v) is 14.6. The summed E-state index contributed by atoms with van der Waals surface area (Å²) in [5.74, 6) is -1.70. The average Bonchev–Trinajstić information content (AvgIpc) is 3.61. The minimum Gasteiger partial charge on any atom is -0.492 e. The second-order valence-electron chi connectivity index (χ2n) is 10.4. The lowest BCUT2D eigenvalue weighted by Gasteiger charge is -2.31. The Morgan fingerprint density at radius 3 is 2.24 bits per heavy atom. The van der Waals surface area contributed by atoms with Crippen LogP contribution in [-0.2, 0) is 22.6 Å². The molecular weight excluding hydrogens is 594 g/mol. The molecule has 12 heteroatoms. The smallest absolute Gasteiger partial charge is 0.490 e. The van der Waals surface area contributed by atoms with E-state index in [9.17, 15) is 18.0 Å². The highest BCUT2D eigenvalue weighted by Gasteiger charge is 2.38. The highest BCUT2D eigenvalue weighted by Crippen LogP contribution is 2.37. The predicted molar refractivity (Wildman–Crippen MR) is 154 cm³/mol. The summed E-state index contributed by atoms with van der Waals surface area (Å²) >= 11 is 13.4. The first-order valence-electron chi connectivity index (χ1n) is 13.8. The number of carboxylic acid groups (broad SMARTS) is 1. The van der Waals surface area contributed by atoms with Crippen molar-refractivity contribution in [2.45, 2.75) is 63.7 Å². The van der Waals surface area contributed by atoms with E-state index in [1.807, 2.05) is 47.2 Å². The fraction of sp³-hybridized carbons (Fsp3) is 0.433. The minimum absolute atomic E-state index is 0.0310. The van der Waals surface area contributed by atoms with Gasteiger partial charge in [-0.1, -0.05) is 54.6 Å². The Morgan fingerprint density at radius 2 is 1.67 bits per heavy atom. The summed E-state index contributed by atoms with van der Waals surface area (Å²) in [6, 6.07) is 12.3. The van der Waals surface area contributed by atoms with Crippen LogP contribution < -0.4 is 4.74 Å². The Bertz CT molecular complexity index is 1320. The molecule has 1 atom stereocenters. The van der Waals surface area contributed by atoms with E-state index in [1.165, 1.54) is 19.3 Å². The van der Waals surface area contributed by atoms with Gasteiger partial charge >= 0.3 is 12.1 Å². The van der Waals surface area contributed by atoms with Crippen molar-refractivity contribution in [1.29, 1.82) is 0 Å². The SMILES string of the molecule is O=C(O)C(F)(F)F.O=C1C(Cc2c(Cl)cc(-c3ccc(OCCn4ccnc4)cc3)cc2Cl)CCN1C1CCCCC1. The van der Waals surface area contributed by atoms with Crippen molar-refractivity contribution in [2.24, 2.45) is 5.92 Å². The molecule has 2 heterocycles. The van der Waals surface area contributed by atoms with Gasteiger partial charge < -0.3 is 19.3 Å². The van der Waals surface area contributed by atoms with Crippen LogP contribution in [0.1, 0.15) is 44.1 Å². The zero-order valence-corrected chi connectivity index (χ0v) is 24.3. The summed E-state index contributed by atoms with van der Waals surface area (Å²) in [5.41, 5.74) is 2.85. The van der Waals surface area contributed by atoms with E-state index in [0.717, 1.165) is 54.8 Å². The molecule has 1 aromatic heterocycles. The monoisotopic (exact) mass is 625 g/mol. The normalized spacial score (nSPS) is 17.6. The van der Waals surface area contributed by atoms with Crippen LogP contribution in [0.4, 0.5) is 13.2 Å². The number of halogens is 5. The molecule has 226 valence electrons. The lowest BCUT2D eigenvalue weighted by atomic mass is 9.93. The molecular formula is C30H32Cl2F3N3O4. The Hall–Kier alpha value is -3.24. The highest BCUT2D eigenvalue weighted by atomic mass is 35.5. The number of carbonyl (C=O) groups is 2. The van der Waals surface area contributed by atoms with E-state index < -0.39 is 12.1 Å². The third kappa shape index (κ3) is 8.41. The summed E-state index contributed by atoms with van der Waals surface area (Å²) in [5, 5.41) is 8.37. The van der Waals surface area contributed by atoms with Crippen LogP contribution in [-0.4, -0.2) is 56.8 Å². The summed E-state index contributed by atoms with van der Waals surface area (Å²) in [6.07, 6.45) is 7.89. The largest absolute Gasteiger partial charge is 0.492 e. The van der Waals surface area contributed by atoms with Gasteiger partial charge in [-0.05, 0) is 66.6 Å². The molecule has 5 rings (SSSR count). The molecule has 1 unspecified atom stereocenters. The van der Waals surface area contributed by atoms with Crippen LogP contribution in [0.2, 0.25) is 10.0 Å². The number of carboxylic acids is 1. The van der Waals surface area contributed by atoms with Crippen molar-refractivity contribution in [2.75, 3.05) is 13.2 Å². The van der Waals surface area contributed by atoms with E-state index in [1.54, 1.807) is 12.5 Å². The van der Waals surface area contributed by atoms with Gasteiger partial charge in [0.05, 0.1) is 12.9 Å². The topological polar surface area (TPSA) is 84.7 Å². The number of hydrogen-bond donors (Lipinski definition) is 1. The Kier molecular flexibility index (Phi) is 10.8. The lowest BCUT2D eigenvalue weighted by molar-refractivity contribution is -0.192. The van der Waals surface area contributed by atoms with E-state index in [-0.39, 0.29) is 11.8 Å². The zero-order chi connectivity index (χ0) is 30.3. The Morgan fingerprint density at radius 1 is 1.02 bits per heavy atom. The van der Waals surface area contributed by atoms with E-state index in [2.05, 4.69) is 9.88 Å². The third-order valence-corrected chi connectivity index (χ3v) is 8.24. The van der Waals surface area contributed by atoms with Crippen molar-refractivity contribution >= 4 is 35.1 Å². The summed E-state index contributed by atoms with van der Waals surface area (Å²) in [4.78, 5) is 28.2. The number of rotatable bonds is 8. The van der Waals surface area contributed by atoms with Gasteiger partial charge in [0.25, 0.3) is 0 Å². The Labute approximate surface area is 252 Å². The van der Waals surface area contributed by atoms with Gasteiger partial charge in [-0.15, -0.1) is 0 Å². The van der Waals surface area contributed by atoms with Crippen molar-refractivity contribution < 1.29 is 32.6 Å². The summed E-state index contributed by atoms with van der Waals surface area (Å²) in [7, 11) is 0. The molecule has 1 aliphatic heterocycles. The average molecular weight is 627 g/mol. The quantitative estimate of drug-likeness (QED) is 0.284. The maximum atomic E-state index is 13.1. The molecule has 2 aromatic carbocycles. The van der Waals surface area contributed by atoms with Gasteiger partial charge in [-0.2, -0.15) is 13.2 Å². The number of ether oxygens (including phenoxy) is 1. The number of imidazole rings is 1. The van der Waals surface area contributed by atoms with E-state index in [4.69, 9.17) is 37.8 Å². The molecule has 0 spiro atoms. The first kappa shape index (κ1) is 31.7. The van der Waals surface area contributed by atoms with Crippen LogP contribution in [0.25, 0.3) is 11.1 Å². The van der Waals surface area contributed by atoms with E-state index >= 15 is 0 Å². The molecule has 1 aliphatic carbocycles. The maximum absolute atomic E-state index is 13.1. The van der Waals surface area contributed by atoms with Crippen LogP contribution in [0, 0.1) is 5.92 Å². The second-order valence-corrected chi connectivity index (χ2v) is 11.2. The second kappa shape index (κ2) is 14.3. The molecule has 0 bridgehead atoms. The molecule has 1 saturated carbocycles. The van der Waals surface area contributed by atoms with Crippen molar-refractivity contribution in [1.82, 2.24) is 14.5 Å². The van der Waals surface area contributed by atoms with Crippen molar-refractivity contribution in [3.8, 4) is 16.9 Å². The van der Waals surface area contributed by atoms with Gasteiger partial charge in [0.15, 0.2) is 0 Å². The van der Waals surface area contributed by atoms with Crippen LogP contribution in [0.5, 0.6) is 5.75 Å². The number of alkyl halides is 3. The fourth-order valence-electron chi connectivity index (χ4n) is 5.35. The van der Waals surface area contributed by atoms with Gasteiger partial charge in [0.1, 0.15) is 12.4 Å². The molecule has 1 N–H and O–H groups in total. The van der Waals surface area contributed by atoms with Crippen molar-refractivity contribution in [3.63, 3.8) is 0 Å². The molecule has 0 radical (unpaired) electrons. The zero-order valence-electron chi connectivity index (χ0n) is 22.8. The number of likely N-dealkylation sites (tertiary alicyclic amines) is 1. The van der Waals surface area contributed by atoms with Crippen LogP contribution >= 0.6 is 23.2 Å². The number of carbonyl (C=O) groups excluding carboxylic acids is 1.